The van der Waals surface area contributed by atoms with Crippen LogP contribution in [-0.4, -0.2) is 4.57 Å². The van der Waals surface area contributed by atoms with Gasteiger partial charge in [-0.15, -0.1) is 0 Å². The third kappa shape index (κ3) is 5.24. The fourth-order valence-electron chi connectivity index (χ4n) is 10.5. The minimum absolute atomic E-state index is 0.240. The molecule has 0 amide bonds. The van der Waals surface area contributed by atoms with E-state index in [1.54, 1.807) is 0 Å². The molecule has 7 aromatic carbocycles. The topological polar surface area (TPSA) is 21.3 Å². The largest absolute Gasteiger partial charge is 0.456 e. The van der Waals surface area contributed by atoms with Crippen LogP contribution in [0.3, 0.4) is 0 Å². The summed E-state index contributed by atoms with van der Waals surface area (Å²) in [6.45, 7) is 5.01. The molecule has 11 rings (SSSR count). The van der Waals surface area contributed by atoms with Crippen molar-refractivity contribution >= 4 is 60.8 Å². The second-order valence-electron chi connectivity index (χ2n) is 16.6. The van der Waals surface area contributed by atoms with E-state index in [4.69, 9.17) is 4.42 Å². The Hall–Kier alpha value is -6.06. The number of para-hydroxylation sites is 3. The van der Waals surface area contributed by atoms with Crippen molar-refractivity contribution in [3.63, 3.8) is 0 Å². The maximum atomic E-state index is 6.40. The molecule has 2 aliphatic carbocycles. The second kappa shape index (κ2) is 12.5. The van der Waals surface area contributed by atoms with Crippen LogP contribution in [0.4, 0.5) is 17.1 Å². The van der Waals surface area contributed by atoms with E-state index >= 15 is 0 Å². The van der Waals surface area contributed by atoms with Gasteiger partial charge in [0, 0.05) is 50.4 Å². The smallest absolute Gasteiger partial charge is 0.137 e. The van der Waals surface area contributed by atoms with E-state index in [0.717, 1.165) is 62.4 Å². The number of anilines is 3. The third-order valence-corrected chi connectivity index (χ3v) is 13.4. The van der Waals surface area contributed by atoms with Gasteiger partial charge in [0.15, 0.2) is 0 Å². The molecule has 55 heavy (non-hydrogen) atoms. The highest BCUT2D eigenvalue weighted by Gasteiger charge is 2.46. The van der Waals surface area contributed by atoms with Gasteiger partial charge in [-0.3, -0.25) is 0 Å². The number of hydrogen-bond acceptors (Lipinski definition) is 2. The predicted molar refractivity (Wildman–Crippen MR) is 230 cm³/mol. The highest BCUT2D eigenvalue weighted by Crippen LogP contribution is 2.55. The van der Waals surface area contributed by atoms with Gasteiger partial charge in [0.1, 0.15) is 11.2 Å². The van der Waals surface area contributed by atoms with Crippen LogP contribution in [-0.2, 0) is 5.41 Å². The Morgan fingerprint density at radius 2 is 1.11 bits per heavy atom. The maximum Gasteiger partial charge on any atom is 0.137 e. The van der Waals surface area contributed by atoms with Gasteiger partial charge in [-0.2, -0.15) is 0 Å². The van der Waals surface area contributed by atoms with Crippen LogP contribution in [0, 0.1) is 17.8 Å². The Morgan fingerprint density at radius 1 is 0.527 bits per heavy atom. The maximum absolute atomic E-state index is 6.40. The first-order chi connectivity index (χ1) is 27.0. The monoisotopic (exact) mass is 712 g/mol. The summed E-state index contributed by atoms with van der Waals surface area (Å²) in [7, 11) is 0. The molecular weight excluding hydrogens is 669 g/mol. The van der Waals surface area contributed by atoms with E-state index < -0.39 is 0 Å². The van der Waals surface area contributed by atoms with Gasteiger partial charge in [-0.25, -0.2) is 0 Å². The Labute approximate surface area is 322 Å². The summed E-state index contributed by atoms with van der Waals surface area (Å²) in [4.78, 5) is 2.38. The minimum Gasteiger partial charge on any atom is -0.456 e. The van der Waals surface area contributed by atoms with E-state index in [1.165, 1.54) is 64.2 Å². The van der Waals surface area contributed by atoms with Gasteiger partial charge in [0.05, 0.1) is 11.0 Å². The van der Waals surface area contributed by atoms with Crippen molar-refractivity contribution in [1.82, 2.24) is 4.57 Å². The Bertz CT molecular complexity index is 2810. The number of benzene rings is 7. The van der Waals surface area contributed by atoms with Gasteiger partial charge in [0.25, 0.3) is 0 Å². The minimum atomic E-state index is 0.240. The second-order valence-corrected chi connectivity index (χ2v) is 16.6. The standard InChI is InChI=1S/C52H44N2O/c1-34-37-18-19-38(34)33-52(2,32-37)39-22-26-41(27-23-39)53(43-28-29-47-46-14-5-8-17-50(46)55-51(47)31-43)40-24-20-35(21-25-40)36-10-9-11-42(30-36)54-48-15-6-3-12-44(48)45-13-4-7-16-49(45)54/h3-17,20-31,34,37-38H,18-19,32-33H2,1-2H3/t34?,37-,38?,52?/m1/s1. The summed E-state index contributed by atoms with van der Waals surface area (Å²) in [6, 6.07) is 59.9. The molecule has 0 aliphatic heterocycles. The van der Waals surface area contributed by atoms with Crippen LogP contribution >= 0.6 is 0 Å². The van der Waals surface area contributed by atoms with Crippen molar-refractivity contribution in [3.05, 3.63) is 169 Å². The highest BCUT2D eigenvalue weighted by molar-refractivity contribution is 6.09. The highest BCUT2D eigenvalue weighted by atomic mass is 16.3. The molecule has 0 spiro atoms. The van der Waals surface area contributed by atoms with Crippen molar-refractivity contribution in [2.45, 2.75) is 44.9 Å². The van der Waals surface area contributed by atoms with Crippen LogP contribution in [0.2, 0.25) is 0 Å². The number of furan rings is 1. The van der Waals surface area contributed by atoms with Gasteiger partial charge in [0.2, 0.25) is 0 Å². The SMILES string of the molecule is CC1C2CC[C@@H]1CC(C)(c1ccc(N(c3ccc(-c4cccc(-n5c6ccccc6c6ccccc65)c4)cc3)c3ccc4c(c3)oc3ccccc34)cc1)C2. The number of nitrogens with zero attached hydrogens (tertiary/aromatic N) is 2. The first-order valence-corrected chi connectivity index (χ1v) is 20.0. The van der Waals surface area contributed by atoms with Crippen molar-refractivity contribution in [3.8, 4) is 16.8 Å². The van der Waals surface area contributed by atoms with Gasteiger partial charge in [-0.1, -0.05) is 105 Å². The predicted octanol–water partition coefficient (Wildman–Crippen LogP) is 14.5. The fourth-order valence-corrected chi connectivity index (χ4v) is 10.5. The molecule has 2 bridgehead atoms. The summed E-state index contributed by atoms with van der Waals surface area (Å²) < 4.78 is 8.80. The normalized spacial score (nSPS) is 20.9. The lowest BCUT2D eigenvalue weighted by molar-refractivity contribution is 0.162. The third-order valence-electron chi connectivity index (χ3n) is 13.4. The molecule has 2 aromatic heterocycles. The molecule has 2 saturated carbocycles. The quantitative estimate of drug-likeness (QED) is 0.171. The van der Waals surface area contributed by atoms with E-state index in [9.17, 15) is 0 Å². The molecule has 0 radical (unpaired) electrons. The lowest BCUT2D eigenvalue weighted by Crippen LogP contribution is -2.35. The van der Waals surface area contributed by atoms with Crippen LogP contribution in [0.1, 0.15) is 45.1 Å². The molecule has 2 fully saturated rings. The van der Waals surface area contributed by atoms with Gasteiger partial charge in [-0.05, 0) is 132 Å². The van der Waals surface area contributed by atoms with E-state index in [2.05, 4.69) is 181 Å². The summed E-state index contributed by atoms with van der Waals surface area (Å²) in [5, 5.41) is 4.84. The van der Waals surface area contributed by atoms with Crippen LogP contribution in [0.25, 0.3) is 60.6 Å². The molecule has 3 nitrogen and oxygen atoms in total. The fraction of sp³-hybridized carbons (Fsp3) is 0.192. The van der Waals surface area contributed by atoms with E-state index in [1.807, 2.05) is 6.07 Å². The molecule has 0 saturated heterocycles. The summed E-state index contributed by atoms with van der Waals surface area (Å²) in [5.41, 5.74) is 12.9. The summed E-state index contributed by atoms with van der Waals surface area (Å²) in [5.74, 6) is 2.59. The lowest BCUT2D eigenvalue weighted by atomic mass is 9.63. The Morgan fingerprint density at radius 3 is 1.80 bits per heavy atom. The van der Waals surface area contributed by atoms with Crippen molar-refractivity contribution in [2.24, 2.45) is 17.8 Å². The van der Waals surface area contributed by atoms with Gasteiger partial charge < -0.3 is 13.9 Å². The number of hydrogen-bond donors (Lipinski definition) is 0. The number of fused-ring (bicyclic) bond motifs is 8. The van der Waals surface area contributed by atoms with Crippen LogP contribution in [0.5, 0.6) is 0 Å². The molecule has 0 N–H and O–H groups in total. The molecule has 9 aromatic rings. The van der Waals surface area contributed by atoms with Gasteiger partial charge >= 0.3 is 0 Å². The summed E-state index contributed by atoms with van der Waals surface area (Å²) in [6.07, 6.45) is 5.40. The first-order valence-electron chi connectivity index (χ1n) is 20.0. The molecule has 2 aliphatic rings. The first kappa shape index (κ1) is 32.4. The average Bonchev–Trinajstić information content (AvgIpc) is 3.84. The zero-order chi connectivity index (χ0) is 36.7. The van der Waals surface area contributed by atoms with Crippen molar-refractivity contribution in [2.75, 3.05) is 4.90 Å². The van der Waals surface area contributed by atoms with E-state index in [0.29, 0.717) is 0 Å². The zero-order valence-electron chi connectivity index (χ0n) is 31.5. The molecule has 268 valence electrons. The molecule has 3 unspecified atom stereocenters. The number of rotatable bonds is 6. The Balaban J connectivity index is 0.980. The van der Waals surface area contributed by atoms with E-state index in [-0.39, 0.29) is 5.41 Å². The van der Waals surface area contributed by atoms with Crippen LogP contribution in [0.15, 0.2) is 168 Å². The Kier molecular flexibility index (Phi) is 7.36. The number of aromatic nitrogens is 1. The average molecular weight is 713 g/mol. The lowest BCUT2D eigenvalue weighted by Gasteiger charge is -2.42. The van der Waals surface area contributed by atoms with Crippen LogP contribution < -0.4 is 4.90 Å². The molecule has 3 heteroatoms. The summed E-state index contributed by atoms with van der Waals surface area (Å²) >= 11 is 0. The molecular formula is C52H44N2O. The van der Waals surface area contributed by atoms with Crippen molar-refractivity contribution in [1.29, 1.82) is 0 Å². The molecule has 4 atom stereocenters. The molecule has 2 heterocycles. The van der Waals surface area contributed by atoms with Crippen molar-refractivity contribution < 1.29 is 4.42 Å². The zero-order valence-corrected chi connectivity index (χ0v) is 31.5.